The maximum absolute atomic E-state index is 10.1. The van der Waals surface area contributed by atoms with Crippen LogP contribution in [0, 0.1) is 11.3 Å². The molecule has 0 aromatic rings. The van der Waals surface area contributed by atoms with Gasteiger partial charge in [0.2, 0.25) is 0 Å². The van der Waals surface area contributed by atoms with Gasteiger partial charge >= 0.3 is 0 Å². The van der Waals surface area contributed by atoms with Crippen LogP contribution in [0.15, 0.2) is 0 Å². The van der Waals surface area contributed by atoms with Crippen LogP contribution >= 0.6 is 0 Å². The fourth-order valence-corrected chi connectivity index (χ4v) is 3.62. The van der Waals surface area contributed by atoms with Gasteiger partial charge in [0.05, 0.1) is 11.7 Å². The monoisotopic (exact) mass is 198 g/mol. The van der Waals surface area contributed by atoms with E-state index in [1.807, 2.05) is 6.92 Å². The first kappa shape index (κ1) is 10.4. The Morgan fingerprint density at radius 2 is 1.86 bits per heavy atom. The summed E-state index contributed by atoms with van der Waals surface area (Å²) in [4.78, 5) is 0. The lowest BCUT2D eigenvalue weighted by Crippen LogP contribution is -2.51. The SMILES string of the molecule is C[C@]1(O)CC[C@H]2CCC[C@@H](O)[C@]2(C)C1. The molecule has 0 spiro atoms. The van der Waals surface area contributed by atoms with Crippen molar-refractivity contribution in [1.82, 2.24) is 0 Å². The lowest BCUT2D eigenvalue weighted by Gasteiger charge is -2.52. The molecule has 2 aliphatic rings. The van der Waals surface area contributed by atoms with Crippen LogP contribution in [0.4, 0.5) is 0 Å². The van der Waals surface area contributed by atoms with E-state index in [0.717, 1.165) is 32.1 Å². The van der Waals surface area contributed by atoms with Gasteiger partial charge in [-0.05, 0) is 50.4 Å². The minimum absolute atomic E-state index is 0.0278. The quantitative estimate of drug-likeness (QED) is 0.625. The van der Waals surface area contributed by atoms with E-state index in [1.165, 1.54) is 6.42 Å². The first-order valence-electron chi connectivity index (χ1n) is 5.84. The fourth-order valence-electron chi connectivity index (χ4n) is 3.62. The van der Waals surface area contributed by atoms with Gasteiger partial charge in [-0.15, -0.1) is 0 Å². The zero-order chi connectivity index (χ0) is 10.4. The summed E-state index contributed by atoms with van der Waals surface area (Å²) in [6.07, 6.45) is 5.87. The molecule has 0 bridgehead atoms. The number of hydrogen-bond acceptors (Lipinski definition) is 2. The van der Waals surface area contributed by atoms with Gasteiger partial charge in [-0.25, -0.2) is 0 Å². The number of hydrogen-bond donors (Lipinski definition) is 2. The molecule has 0 aromatic heterocycles. The molecule has 2 fully saturated rings. The molecule has 0 unspecified atom stereocenters. The third-order valence-electron chi connectivity index (χ3n) is 4.52. The van der Waals surface area contributed by atoms with Crippen LogP contribution in [0.1, 0.15) is 52.4 Å². The van der Waals surface area contributed by atoms with Crippen molar-refractivity contribution in [1.29, 1.82) is 0 Å². The van der Waals surface area contributed by atoms with Crippen molar-refractivity contribution in [2.75, 3.05) is 0 Å². The highest BCUT2D eigenvalue weighted by Gasteiger charge is 2.49. The lowest BCUT2D eigenvalue weighted by molar-refractivity contribution is -0.130. The normalized spacial score (nSPS) is 54.0. The number of aliphatic hydroxyl groups excluding tert-OH is 1. The van der Waals surface area contributed by atoms with Crippen LogP contribution in [0.5, 0.6) is 0 Å². The predicted molar refractivity (Wildman–Crippen MR) is 55.9 cm³/mol. The summed E-state index contributed by atoms with van der Waals surface area (Å²) in [5.74, 6) is 0.631. The minimum Gasteiger partial charge on any atom is -0.393 e. The smallest absolute Gasteiger partial charge is 0.0626 e. The maximum atomic E-state index is 10.1. The van der Waals surface area contributed by atoms with Gasteiger partial charge in [0, 0.05) is 0 Å². The summed E-state index contributed by atoms with van der Waals surface area (Å²) in [6, 6.07) is 0. The Bertz CT molecular complexity index is 224. The van der Waals surface area contributed by atoms with Gasteiger partial charge in [-0.2, -0.15) is 0 Å². The topological polar surface area (TPSA) is 40.5 Å². The molecule has 0 radical (unpaired) electrons. The lowest BCUT2D eigenvalue weighted by atomic mass is 9.56. The minimum atomic E-state index is -0.552. The molecule has 14 heavy (non-hydrogen) atoms. The Labute approximate surface area is 86.3 Å². The third-order valence-corrected chi connectivity index (χ3v) is 4.52. The molecule has 2 nitrogen and oxygen atoms in total. The zero-order valence-corrected chi connectivity index (χ0v) is 9.29. The second kappa shape index (κ2) is 3.21. The summed E-state index contributed by atoms with van der Waals surface area (Å²) in [7, 11) is 0. The van der Waals surface area contributed by atoms with Gasteiger partial charge in [-0.3, -0.25) is 0 Å². The van der Waals surface area contributed by atoms with Crippen molar-refractivity contribution in [3.63, 3.8) is 0 Å². The third kappa shape index (κ3) is 1.59. The van der Waals surface area contributed by atoms with E-state index in [1.54, 1.807) is 0 Å². The standard InChI is InChI=1S/C12H22O2/c1-11(14)7-6-9-4-3-5-10(13)12(9,2)8-11/h9-10,13-14H,3-8H2,1-2H3/t9-,10-,11+,12-/m1/s1. The Hall–Kier alpha value is -0.0800. The Morgan fingerprint density at radius 3 is 2.57 bits per heavy atom. The van der Waals surface area contributed by atoms with Crippen molar-refractivity contribution in [2.24, 2.45) is 11.3 Å². The predicted octanol–water partition coefficient (Wildman–Crippen LogP) is 2.09. The Balaban J connectivity index is 2.20. The molecule has 0 heterocycles. The summed E-state index contributed by atoms with van der Waals surface area (Å²) in [6.45, 7) is 4.07. The molecule has 0 aliphatic heterocycles. The summed E-state index contributed by atoms with van der Waals surface area (Å²) < 4.78 is 0. The molecular weight excluding hydrogens is 176 g/mol. The molecule has 0 aromatic carbocycles. The van der Waals surface area contributed by atoms with Crippen molar-refractivity contribution in [3.05, 3.63) is 0 Å². The Kier molecular flexibility index (Phi) is 2.39. The average Bonchev–Trinajstić information content (AvgIpc) is 2.06. The van der Waals surface area contributed by atoms with Crippen molar-refractivity contribution < 1.29 is 10.2 Å². The van der Waals surface area contributed by atoms with Crippen LogP contribution in [0.25, 0.3) is 0 Å². The van der Waals surface area contributed by atoms with E-state index in [9.17, 15) is 10.2 Å². The van der Waals surface area contributed by atoms with Crippen LogP contribution < -0.4 is 0 Å². The fraction of sp³-hybridized carbons (Fsp3) is 1.00. The molecule has 0 amide bonds. The van der Waals surface area contributed by atoms with E-state index >= 15 is 0 Å². The number of aliphatic hydroxyl groups is 2. The van der Waals surface area contributed by atoms with Crippen LogP contribution in [0.2, 0.25) is 0 Å². The van der Waals surface area contributed by atoms with E-state index in [-0.39, 0.29) is 11.5 Å². The summed E-state index contributed by atoms with van der Waals surface area (Å²) in [5.41, 5.74) is -0.580. The average molecular weight is 198 g/mol. The molecule has 2 rings (SSSR count). The molecule has 2 N–H and O–H groups in total. The highest BCUT2D eigenvalue weighted by Crippen LogP contribution is 2.52. The highest BCUT2D eigenvalue weighted by atomic mass is 16.3. The molecule has 2 saturated carbocycles. The second-order valence-corrected chi connectivity index (χ2v) is 5.86. The molecular formula is C12H22O2. The van der Waals surface area contributed by atoms with Gasteiger partial charge in [-0.1, -0.05) is 13.3 Å². The van der Waals surface area contributed by atoms with E-state index in [2.05, 4.69) is 6.92 Å². The van der Waals surface area contributed by atoms with Crippen LogP contribution in [-0.4, -0.2) is 21.9 Å². The van der Waals surface area contributed by atoms with Gasteiger partial charge in [0.25, 0.3) is 0 Å². The number of rotatable bonds is 0. The Morgan fingerprint density at radius 1 is 1.14 bits per heavy atom. The summed E-state index contributed by atoms with van der Waals surface area (Å²) >= 11 is 0. The second-order valence-electron chi connectivity index (χ2n) is 5.86. The largest absolute Gasteiger partial charge is 0.393 e. The molecule has 0 saturated heterocycles. The van der Waals surface area contributed by atoms with E-state index in [0.29, 0.717) is 5.92 Å². The van der Waals surface area contributed by atoms with Crippen molar-refractivity contribution in [3.8, 4) is 0 Å². The maximum Gasteiger partial charge on any atom is 0.0626 e. The van der Waals surface area contributed by atoms with E-state index in [4.69, 9.17) is 0 Å². The molecule has 82 valence electrons. The molecule has 2 heteroatoms. The molecule has 4 atom stereocenters. The molecule has 2 aliphatic carbocycles. The van der Waals surface area contributed by atoms with Gasteiger partial charge in [0.1, 0.15) is 0 Å². The van der Waals surface area contributed by atoms with Crippen molar-refractivity contribution >= 4 is 0 Å². The number of fused-ring (bicyclic) bond motifs is 1. The summed E-state index contributed by atoms with van der Waals surface area (Å²) in [5, 5.41) is 20.2. The van der Waals surface area contributed by atoms with Crippen LogP contribution in [-0.2, 0) is 0 Å². The zero-order valence-electron chi connectivity index (χ0n) is 9.29. The van der Waals surface area contributed by atoms with Gasteiger partial charge < -0.3 is 10.2 Å². The first-order chi connectivity index (χ1) is 6.44. The van der Waals surface area contributed by atoms with Gasteiger partial charge in [0.15, 0.2) is 0 Å². The van der Waals surface area contributed by atoms with Crippen molar-refractivity contribution in [2.45, 2.75) is 64.1 Å². The van der Waals surface area contributed by atoms with Crippen LogP contribution in [0.3, 0.4) is 0 Å². The highest BCUT2D eigenvalue weighted by molar-refractivity contribution is 5.00. The first-order valence-corrected chi connectivity index (χ1v) is 5.84. The van der Waals surface area contributed by atoms with E-state index < -0.39 is 5.60 Å².